The highest BCUT2D eigenvalue weighted by atomic mass is 19.4. The molecule has 33 heavy (non-hydrogen) atoms. The quantitative estimate of drug-likeness (QED) is 0.486. The average Bonchev–Trinajstić information content (AvgIpc) is 2.76. The molecule has 0 aliphatic rings. The lowest BCUT2D eigenvalue weighted by Gasteiger charge is -2.32. The van der Waals surface area contributed by atoms with Gasteiger partial charge >= 0.3 is 12.4 Å². The Morgan fingerprint density at radius 2 is 1.39 bits per heavy atom. The van der Waals surface area contributed by atoms with E-state index in [-0.39, 0.29) is 17.0 Å². The van der Waals surface area contributed by atoms with Crippen LogP contribution in [0.3, 0.4) is 0 Å². The van der Waals surface area contributed by atoms with Gasteiger partial charge in [-0.25, -0.2) is 0 Å². The molecular weight excluding hydrogens is 456 g/mol. The van der Waals surface area contributed by atoms with Gasteiger partial charge in [0.15, 0.2) is 0 Å². The Hall–Kier alpha value is -3.47. The van der Waals surface area contributed by atoms with Crippen molar-refractivity contribution in [3.05, 3.63) is 65.7 Å². The number of hydrogen-bond acceptors (Lipinski definition) is 4. The minimum Gasteiger partial charge on any atom is -0.496 e. The molecule has 0 atom stereocenters. The fourth-order valence-corrected chi connectivity index (χ4v) is 3.35. The van der Waals surface area contributed by atoms with E-state index in [1.54, 1.807) is 24.3 Å². The smallest absolute Gasteiger partial charge is 0.430 e. The second-order valence-corrected chi connectivity index (χ2v) is 6.94. The van der Waals surface area contributed by atoms with Crippen LogP contribution < -0.4 is 14.8 Å². The molecule has 0 radical (unpaired) electrons. The average molecular weight is 473 g/mol. The van der Waals surface area contributed by atoms with Gasteiger partial charge in [-0.1, -0.05) is 36.4 Å². The topological polar surface area (TPSA) is 67.8 Å². The Morgan fingerprint density at radius 3 is 1.88 bits per heavy atom. The van der Waals surface area contributed by atoms with Gasteiger partial charge in [-0.2, -0.15) is 26.3 Å². The number of fused-ring (bicyclic) bond motifs is 1. The first-order valence-electron chi connectivity index (χ1n) is 9.26. The van der Waals surface area contributed by atoms with Crippen molar-refractivity contribution in [2.75, 3.05) is 19.5 Å². The minimum absolute atomic E-state index is 0.0271. The molecule has 176 valence electrons. The van der Waals surface area contributed by atoms with Crippen molar-refractivity contribution in [2.24, 2.45) is 0 Å². The zero-order chi connectivity index (χ0) is 24.6. The van der Waals surface area contributed by atoms with Gasteiger partial charge in [-0.05, 0) is 18.2 Å². The van der Waals surface area contributed by atoms with Crippen molar-refractivity contribution < 1.29 is 45.7 Å². The Balaban J connectivity index is 1.97. The number of hydrogen-bond donors (Lipinski definition) is 2. The highest BCUT2D eigenvalue weighted by molar-refractivity contribution is 6.11. The fraction of sp³-hybridized carbons (Fsp3) is 0.227. The Kier molecular flexibility index (Phi) is 6.20. The number of nitrogens with one attached hydrogen (secondary N) is 1. The van der Waals surface area contributed by atoms with E-state index >= 15 is 0 Å². The van der Waals surface area contributed by atoms with Crippen LogP contribution in [0.15, 0.2) is 54.6 Å². The summed E-state index contributed by atoms with van der Waals surface area (Å²) >= 11 is 0. The number of benzene rings is 3. The number of rotatable bonds is 5. The van der Waals surface area contributed by atoms with E-state index in [1.807, 2.05) is 0 Å². The first-order valence-corrected chi connectivity index (χ1v) is 9.26. The molecule has 11 heteroatoms. The Bertz CT molecular complexity index is 1160. The molecule has 0 heterocycles. The van der Waals surface area contributed by atoms with Crippen molar-refractivity contribution in [3.63, 3.8) is 0 Å². The molecule has 3 rings (SSSR count). The number of methoxy groups -OCH3 is 2. The lowest BCUT2D eigenvalue weighted by atomic mass is 9.92. The van der Waals surface area contributed by atoms with Crippen molar-refractivity contribution in [2.45, 2.75) is 18.0 Å². The van der Waals surface area contributed by atoms with Gasteiger partial charge in [0.05, 0.1) is 19.8 Å². The number of carbonyl (C=O) groups is 1. The molecule has 0 saturated carbocycles. The third-order valence-electron chi connectivity index (χ3n) is 5.01. The molecule has 2 N–H and O–H groups in total. The van der Waals surface area contributed by atoms with Crippen molar-refractivity contribution >= 4 is 22.4 Å². The molecule has 5 nitrogen and oxygen atoms in total. The molecule has 0 fully saturated rings. The van der Waals surface area contributed by atoms with Gasteiger partial charge in [-0.3, -0.25) is 4.79 Å². The maximum atomic E-state index is 13.0. The summed E-state index contributed by atoms with van der Waals surface area (Å²) in [6.07, 6.45) is -12.0. The van der Waals surface area contributed by atoms with Crippen LogP contribution in [0, 0.1) is 0 Å². The molecule has 0 bridgehead atoms. The van der Waals surface area contributed by atoms with Gasteiger partial charge < -0.3 is 19.9 Å². The van der Waals surface area contributed by atoms with Crippen LogP contribution in [0.25, 0.3) is 10.8 Å². The number of halogens is 6. The van der Waals surface area contributed by atoms with E-state index < -0.39 is 29.4 Å². The van der Waals surface area contributed by atoms with Gasteiger partial charge in [0.1, 0.15) is 11.5 Å². The number of ether oxygens (including phenoxy) is 2. The third-order valence-corrected chi connectivity index (χ3v) is 5.01. The largest absolute Gasteiger partial charge is 0.496 e. The predicted molar refractivity (Wildman–Crippen MR) is 107 cm³/mol. The van der Waals surface area contributed by atoms with E-state index in [1.165, 1.54) is 20.3 Å². The van der Waals surface area contributed by atoms with Crippen LogP contribution in [0.2, 0.25) is 0 Å². The van der Waals surface area contributed by atoms with Crippen molar-refractivity contribution in [1.29, 1.82) is 0 Å². The fourth-order valence-electron chi connectivity index (χ4n) is 3.35. The number of carbonyl (C=O) groups excluding carboxylic acids is 1. The summed E-state index contributed by atoms with van der Waals surface area (Å²) in [4.78, 5) is 12.8. The highest BCUT2D eigenvalue weighted by Crippen LogP contribution is 2.50. The van der Waals surface area contributed by atoms with E-state index in [2.05, 4.69) is 5.32 Å². The van der Waals surface area contributed by atoms with Gasteiger partial charge in [0.25, 0.3) is 11.5 Å². The number of aliphatic hydroxyl groups is 1. The molecule has 0 aliphatic carbocycles. The summed E-state index contributed by atoms with van der Waals surface area (Å²) in [5.41, 5.74) is -6.58. The van der Waals surface area contributed by atoms with Crippen molar-refractivity contribution in [1.82, 2.24) is 0 Å². The molecule has 0 saturated heterocycles. The summed E-state index contributed by atoms with van der Waals surface area (Å²) < 4.78 is 88.9. The SMILES string of the molecule is COc1cc(C(=O)Nc2ccc(C(O)(C(F)(F)F)C(F)(F)F)cc2)c(OC)c2ccccc12. The van der Waals surface area contributed by atoms with E-state index in [4.69, 9.17) is 9.47 Å². The van der Waals surface area contributed by atoms with E-state index in [9.17, 15) is 36.2 Å². The zero-order valence-electron chi connectivity index (χ0n) is 17.1. The first-order chi connectivity index (χ1) is 15.3. The lowest BCUT2D eigenvalue weighted by molar-refractivity contribution is -0.376. The molecule has 3 aromatic rings. The maximum absolute atomic E-state index is 13.0. The molecule has 0 aliphatic heterocycles. The summed E-state index contributed by atoms with van der Waals surface area (Å²) in [7, 11) is 2.74. The normalized spacial score (nSPS) is 12.5. The van der Waals surface area contributed by atoms with Crippen LogP contribution in [0.1, 0.15) is 15.9 Å². The molecule has 1 amide bonds. The standard InChI is InChI=1S/C22H17F6NO4/c1-32-17-11-16(18(33-2)15-6-4-3-5-14(15)17)19(30)29-13-9-7-12(8-10-13)20(31,21(23,24)25)22(26,27)28/h3-11,31H,1-2H3,(H,29,30). The Labute approximate surface area is 183 Å². The Morgan fingerprint density at radius 1 is 0.848 bits per heavy atom. The maximum Gasteiger partial charge on any atom is 0.430 e. The first kappa shape index (κ1) is 24.2. The summed E-state index contributed by atoms with van der Waals surface area (Å²) in [5, 5.41) is 13.1. The number of amides is 1. The van der Waals surface area contributed by atoms with Gasteiger partial charge in [0.2, 0.25) is 0 Å². The monoisotopic (exact) mass is 473 g/mol. The lowest BCUT2D eigenvalue weighted by Crippen LogP contribution is -2.53. The number of alkyl halides is 6. The van der Waals surface area contributed by atoms with Crippen LogP contribution in [0.4, 0.5) is 32.0 Å². The second-order valence-electron chi connectivity index (χ2n) is 6.94. The highest BCUT2D eigenvalue weighted by Gasteiger charge is 2.71. The molecule has 0 aromatic heterocycles. The summed E-state index contributed by atoms with van der Waals surface area (Å²) in [6, 6.07) is 10.8. The molecule has 0 spiro atoms. The van der Waals surface area contributed by atoms with E-state index in [0.717, 1.165) is 12.1 Å². The zero-order valence-corrected chi connectivity index (χ0v) is 17.1. The molecule has 3 aromatic carbocycles. The van der Waals surface area contributed by atoms with Gasteiger partial charge in [0, 0.05) is 22.0 Å². The van der Waals surface area contributed by atoms with Crippen LogP contribution >= 0.6 is 0 Å². The van der Waals surface area contributed by atoms with Crippen LogP contribution in [-0.2, 0) is 5.60 Å². The summed E-state index contributed by atoms with van der Waals surface area (Å²) in [5.74, 6) is -0.193. The second kappa shape index (κ2) is 8.47. The number of anilines is 1. The summed E-state index contributed by atoms with van der Waals surface area (Å²) in [6.45, 7) is 0. The van der Waals surface area contributed by atoms with Crippen LogP contribution in [0.5, 0.6) is 11.5 Å². The van der Waals surface area contributed by atoms with Crippen LogP contribution in [-0.4, -0.2) is 37.6 Å². The molecule has 0 unspecified atom stereocenters. The minimum atomic E-state index is -6.01. The van der Waals surface area contributed by atoms with Gasteiger partial charge in [-0.15, -0.1) is 0 Å². The van der Waals surface area contributed by atoms with E-state index in [0.29, 0.717) is 28.7 Å². The predicted octanol–water partition coefficient (Wildman–Crippen LogP) is 5.42. The van der Waals surface area contributed by atoms with Crippen molar-refractivity contribution in [3.8, 4) is 11.5 Å². The third kappa shape index (κ3) is 4.15. The molecular formula is C22H17F6NO4.